The van der Waals surface area contributed by atoms with Crippen LogP contribution in [-0.2, 0) is 4.74 Å². The van der Waals surface area contributed by atoms with Gasteiger partial charge < -0.3 is 15.4 Å². The first-order valence-electron chi connectivity index (χ1n) is 6.92. The normalized spacial score (nSPS) is 22.1. The summed E-state index contributed by atoms with van der Waals surface area (Å²) >= 11 is 0. The van der Waals surface area contributed by atoms with E-state index in [0.29, 0.717) is 13.1 Å². The van der Waals surface area contributed by atoms with Crippen molar-refractivity contribution in [1.29, 1.82) is 0 Å². The number of nitrogens with one attached hydrogen (secondary N) is 2. The SMILES string of the molecule is CC(C)(C)OC(=O)N[C@H]1CNC[C@@H]1c1cccc(F)c1F. The van der Waals surface area contributed by atoms with Crippen LogP contribution in [0.3, 0.4) is 0 Å². The fourth-order valence-corrected chi connectivity index (χ4v) is 2.42. The molecule has 2 N–H and O–H groups in total. The second kappa shape index (κ2) is 5.97. The lowest BCUT2D eigenvalue weighted by atomic mass is 9.94. The molecule has 0 radical (unpaired) electrons. The Bertz CT molecular complexity index is 529. The van der Waals surface area contributed by atoms with Crippen molar-refractivity contribution in [1.82, 2.24) is 10.6 Å². The zero-order valence-corrected chi connectivity index (χ0v) is 12.4. The van der Waals surface area contributed by atoms with Crippen molar-refractivity contribution in [2.24, 2.45) is 0 Å². The van der Waals surface area contributed by atoms with Crippen LogP contribution >= 0.6 is 0 Å². The van der Waals surface area contributed by atoms with E-state index in [-0.39, 0.29) is 17.5 Å². The molecule has 2 atom stereocenters. The van der Waals surface area contributed by atoms with Crippen LogP contribution in [-0.4, -0.2) is 30.8 Å². The number of halogens is 2. The summed E-state index contributed by atoms with van der Waals surface area (Å²) in [6.45, 7) is 6.26. The van der Waals surface area contributed by atoms with Crippen LogP contribution in [0.2, 0.25) is 0 Å². The fraction of sp³-hybridized carbons (Fsp3) is 0.533. The summed E-state index contributed by atoms with van der Waals surface area (Å²) in [4.78, 5) is 11.8. The van der Waals surface area contributed by atoms with E-state index >= 15 is 0 Å². The first kappa shape index (κ1) is 15.7. The number of hydrogen-bond donors (Lipinski definition) is 2. The molecule has 6 heteroatoms. The largest absolute Gasteiger partial charge is 0.444 e. The van der Waals surface area contributed by atoms with Crippen LogP contribution in [0, 0.1) is 11.6 Å². The van der Waals surface area contributed by atoms with Gasteiger partial charge in [0, 0.05) is 19.0 Å². The Kier molecular flexibility index (Phi) is 4.46. The number of ether oxygens (including phenoxy) is 1. The predicted octanol–water partition coefficient (Wildman–Crippen LogP) is 2.54. The van der Waals surface area contributed by atoms with Gasteiger partial charge in [-0.15, -0.1) is 0 Å². The van der Waals surface area contributed by atoms with Crippen molar-refractivity contribution in [3.63, 3.8) is 0 Å². The number of rotatable bonds is 2. The van der Waals surface area contributed by atoms with E-state index in [9.17, 15) is 13.6 Å². The van der Waals surface area contributed by atoms with Gasteiger partial charge in [0.25, 0.3) is 0 Å². The monoisotopic (exact) mass is 298 g/mol. The van der Waals surface area contributed by atoms with Crippen LogP contribution in [0.15, 0.2) is 18.2 Å². The first-order chi connectivity index (χ1) is 9.78. The molecule has 0 spiro atoms. The second-order valence-electron chi connectivity index (χ2n) is 6.16. The van der Waals surface area contributed by atoms with Gasteiger partial charge in [-0.1, -0.05) is 12.1 Å². The highest BCUT2D eigenvalue weighted by atomic mass is 19.2. The zero-order valence-electron chi connectivity index (χ0n) is 12.4. The highest BCUT2D eigenvalue weighted by Crippen LogP contribution is 2.26. The smallest absolute Gasteiger partial charge is 0.407 e. The molecule has 1 heterocycles. The van der Waals surface area contributed by atoms with Gasteiger partial charge in [0.2, 0.25) is 0 Å². The number of hydrogen-bond acceptors (Lipinski definition) is 3. The molecule has 0 aromatic heterocycles. The van der Waals surface area contributed by atoms with E-state index in [0.717, 1.165) is 6.07 Å². The predicted molar refractivity (Wildman–Crippen MR) is 75.1 cm³/mol. The van der Waals surface area contributed by atoms with Crippen LogP contribution < -0.4 is 10.6 Å². The minimum absolute atomic E-state index is 0.265. The standard InChI is InChI=1S/C15H20F2N2O2/c1-15(2,3)21-14(20)19-12-8-18-7-10(12)9-5-4-6-11(16)13(9)17/h4-6,10,12,18H,7-8H2,1-3H3,(H,19,20)/t10-,12+/m1/s1. The van der Waals surface area contributed by atoms with Crippen molar-refractivity contribution >= 4 is 6.09 Å². The Balaban J connectivity index is 2.10. The molecule has 116 valence electrons. The number of carbonyl (C=O) groups is 1. The maximum atomic E-state index is 13.9. The van der Waals surface area contributed by atoms with Gasteiger partial charge in [-0.2, -0.15) is 0 Å². The summed E-state index contributed by atoms with van der Waals surface area (Å²) in [5.41, 5.74) is -0.337. The highest BCUT2D eigenvalue weighted by Gasteiger charge is 2.33. The Morgan fingerprint density at radius 2 is 2.05 bits per heavy atom. The maximum Gasteiger partial charge on any atom is 0.407 e. The Morgan fingerprint density at radius 1 is 1.33 bits per heavy atom. The lowest BCUT2D eigenvalue weighted by molar-refractivity contribution is 0.0504. The molecule has 1 aromatic carbocycles. The number of carbonyl (C=O) groups excluding carboxylic acids is 1. The number of amides is 1. The molecular weight excluding hydrogens is 278 g/mol. The molecule has 0 saturated carbocycles. The molecule has 1 amide bonds. The fourth-order valence-electron chi connectivity index (χ4n) is 2.42. The average Bonchev–Trinajstić information content (AvgIpc) is 2.78. The second-order valence-corrected chi connectivity index (χ2v) is 6.16. The van der Waals surface area contributed by atoms with E-state index in [1.165, 1.54) is 6.07 Å². The third-order valence-corrected chi connectivity index (χ3v) is 3.30. The van der Waals surface area contributed by atoms with Gasteiger partial charge in [0.1, 0.15) is 5.60 Å². The maximum absolute atomic E-state index is 13.9. The molecular formula is C15H20F2N2O2. The molecule has 1 aliphatic rings. The van der Waals surface area contributed by atoms with Crippen LogP contribution in [0.25, 0.3) is 0 Å². The van der Waals surface area contributed by atoms with Crippen LogP contribution in [0.5, 0.6) is 0 Å². The summed E-state index contributed by atoms with van der Waals surface area (Å²) < 4.78 is 32.4. The molecule has 21 heavy (non-hydrogen) atoms. The molecule has 4 nitrogen and oxygen atoms in total. The highest BCUT2D eigenvalue weighted by molar-refractivity contribution is 5.68. The number of benzene rings is 1. The van der Waals surface area contributed by atoms with Crippen molar-refractivity contribution in [3.05, 3.63) is 35.4 Å². The minimum atomic E-state index is -0.879. The van der Waals surface area contributed by atoms with Gasteiger partial charge >= 0.3 is 6.09 Å². The van der Waals surface area contributed by atoms with Crippen molar-refractivity contribution in [2.75, 3.05) is 13.1 Å². The molecule has 1 fully saturated rings. The van der Waals surface area contributed by atoms with Crippen molar-refractivity contribution in [2.45, 2.75) is 38.3 Å². The first-order valence-corrected chi connectivity index (χ1v) is 6.92. The van der Waals surface area contributed by atoms with Crippen molar-refractivity contribution in [3.8, 4) is 0 Å². The topological polar surface area (TPSA) is 50.4 Å². The van der Waals surface area contributed by atoms with Gasteiger partial charge in [-0.3, -0.25) is 0 Å². The zero-order chi connectivity index (χ0) is 15.6. The van der Waals surface area contributed by atoms with E-state index in [1.54, 1.807) is 26.8 Å². The summed E-state index contributed by atoms with van der Waals surface area (Å²) in [7, 11) is 0. The van der Waals surface area contributed by atoms with E-state index in [1.807, 2.05) is 0 Å². The van der Waals surface area contributed by atoms with Crippen LogP contribution in [0.1, 0.15) is 32.3 Å². The molecule has 0 aliphatic carbocycles. The summed E-state index contributed by atoms with van der Waals surface area (Å²) in [6, 6.07) is 3.75. The molecule has 0 bridgehead atoms. The van der Waals surface area contributed by atoms with Crippen LogP contribution in [0.4, 0.5) is 13.6 Å². The van der Waals surface area contributed by atoms with Gasteiger partial charge in [-0.25, -0.2) is 13.6 Å². The third-order valence-electron chi connectivity index (χ3n) is 3.30. The number of alkyl carbamates (subject to hydrolysis) is 1. The quantitative estimate of drug-likeness (QED) is 0.882. The van der Waals surface area contributed by atoms with E-state index in [2.05, 4.69) is 10.6 Å². The van der Waals surface area contributed by atoms with E-state index < -0.39 is 23.3 Å². The van der Waals surface area contributed by atoms with Crippen molar-refractivity contribution < 1.29 is 18.3 Å². The third kappa shape index (κ3) is 3.91. The minimum Gasteiger partial charge on any atom is -0.444 e. The van der Waals surface area contributed by atoms with E-state index in [4.69, 9.17) is 4.74 Å². The lowest BCUT2D eigenvalue weighted by Gasteiger charge is -2.24. The summed E-state index contributed by atoms with van der Waals surface area (Å²) in [6.07, 6.45) is -0.557. The molecule has 1 aliphatic heterocycles. The molecule has 2 rings (SSSR count). The summed E-state index contributed by atoms with van der Waals surface area (Å²) in [5, 5.41) is 5.79. The Hall–Kier alpha value is -1.69. The lowest BCUT2D eigenvalue weighted by Crippen LogP contribution is -2.42. The van der Waals surface area contributed by atoms with Gasteiger partial charge in [-0.05, 0) is 32.4 Å². The van der Waals surface area contributed by atoms with Gasteiger partial charge in [0.05, 0.1) is 6.04 Å². The molecule has 1 saturated heterocycles. The summed E-state index contributed by atoms with van der Waals surface area (Å²) in [5.74, 6) is -2.06. The van der Waals surface area contributed by atoms with Gasteiger partial charge in [0.15, 0.2) is 11.6 Å². The average molecular weight is 298 g/mol. The Labute approximate surface area is 122 Å². The molecule has 1 aromatic rings. The molecule has 0 unspecified atom stereocenters. The Morgan fingerprint density at radius 3 is 2.71 bits per heavy atom.